The summed E-state index contributed by atoms with van der Waals surface area (Å²) in [5.41, 5.74) is 8.56. The molecule has 3 aliphatic carbocycles. The lowest BCUT2D eigenvalue weighted by Crippen LogP contribution is -1.99. The maximum atomic E-state index is 5.35. The van der Waals surface area contributed by atoms with Gasteiger partial charge in [0.2, 0.25) is 0 Å². The molecule has 0 radical (unpaired) electrons. The molecule has 0 unspecified atom stereocenters. The summed E-state index contributed by atoms with van der Waals surface area (Å²) < 4.78 is 10.7. The van der Waals surface area contributed by atoms with Gasteiger partial charge in [-0.1, -0.05) is 48.5 Å². The van der Waals surface area contributed by atoms with Crippen LogP contribution in [0.5, 0.6) is 5.75 Å². The average molecular weight is 367 g/mol. The SMILES string of the molecule is COc1ccc(C(=C2C=CC(=[O+]C)C=C2)c2cc(C)c3cccccc2-3)cc1. The molecule has 1 aromatic rings. The van der Waals surface area contributed by atoms with Gasteiger partial charge < -0.3 is 4.74 Å². The van der Waals surface area contributed by atoms with Crippen molar-refractivity contribution >= 4 is 11.4 Å². The van der Waals surface area contributed by atoms with Crippen molar-refractivity contribution in [2.24, 2.45) is 0 Å². The van der Waals surface area contributed by atoms with Crippen molar-refractivity contribution in [2.45, 2.75) is 6.92 Å². The summed E-state index contributed by atoms with van der Waals surface area (Å²) in [5.74, 6) is 1.71. The van der Waals surface area contributed by atoms with Gasteiger partial charge in [0.25, 0.3) is 7.11 Å². The van der Waals surface area contributed by atoms with E-state index in [2.05, 4.69) is 67.6 Å². The Kier molecular flexibility index (Phi) is 4.94. The van der Waals surface area contributed by atoms with Crippen LogP contribution in [-0.4, -0.2) is 20.0 Å². The number of hydrogen-bond donors (Lipinski definition) is 0. The second-order valence-corrected chi connectivity index (χ2v) is 6.81. The number of fused-ring (bicyclic) bond motifs is 1. The first kappa shape index (κ1) is 18.0. The highest BCUT2D eigenvalue weighted by atomic mass is 16.5. The molecule has 0 spiro atoms. The number of aryl methyl sites for hydroxylation is 1. The second-order valence-electron chi connectivity index (χ2n) is 6.81. The lowest BCUT2D eigenvalue weighted by atomic mass is 9.90. The Morgan fingerprint density at radius 1 is 0.821 bits per heavy atom. The molecule has 0 aromatic heterocycles. The van der Waals surface area contributed by atoms with E-state index in [-0.39, 0.29) is 0 Å². The van der Waals surface area contributed by atoms with E-state index >= 15 is 0 Å². The fraction of sp³-hybridized carbons (Fsp3) is 0.115. The van der Waals surface area contributed by atoms with Gasteiger partial charge in [0.1, 0.15) is 5.75 Å². The lowest BCUT2D eigenvalue weighted by Gasteiger charge is -2.14. The molecule has 0 N–H and O–H groups in total. The first-order chi connectivity index (χ1) is 13.7. The molecule has 2 nitrogen and oxygen atoms in total. The number of rotatable bonds is 3. The van der Waals surface area contributed by atoms with Crippen LogP contribution in [0.3, 0.4) is 0 Å². The average Bonchev–Trinajstić information content (AvgIpc) is 2.90. The van der Waals surface area contributed by atoms with Gasteiger partial charge in [-0.3, -0.25) is 4.42 Å². The van der Waals surface area contributed by atoms with Gasteiger partial charge in [-0.05, 0) is 70.2 Å². The molecular formula is C26H23O2+. The van der Waals surface area contributed by atoms with Crippen LogP contribution in [0.2, 0.25) is 0 Å². The summed E-state index contributed by atoms with van der Waals surface area (Å²) in [4.78, 5) is 0. The molecule has 1 aromatic carbocycles. The number of methoxy groups -OCH3 is 1. The van der Waals surface area contributed by atoms with Crippen molar-refractivity contribution in [3.63, 3.8) is 0 Å². The quantitative estimate of drug-likeness (QED) is 0.538. The molecule has 28 heavy (non-hydrogen) atoms. The molecule has 4 rings (SSSR count). The molecule has 0 bridgehead atoms. The Bertz CT molecular complexity index is 1080. The van der Waals surface area contributed by atoms with E-state index in [1.54, 1.807) is 14.2 Å². The molecule has 138 valence electrons. The number of allylic oxidation sites excluding steroid dienone is 5. The predicted octanol–water partition coefficient (Wildman–Crippen LogP) is 5.77. The summed E-state index contributed by atoms with van der Waals surface area (Å²) in [6.45, 7) is 2.17. The van der Waals surface area contributed by atoms with E-state index in [9.17, 15) is 0 Å². The summed E-state index contributed by atoms with van der Waals surface area (Å²) in [6.07, 6.45) is 8.26. The van der Waals surface area contributed by atoms with Gasteiger partial charge in [-0.25, -0.2) is 0 Å². The van der Waals surface area contributed by atoms with Crippen molar-refractivity contribution < 1.29 is 9.16 Å². The van der Waals surface area contributed by atoms with Crippen LogP contribution >= 0.6 is 0 Å². The Morgan fingerprint density at radius 2 is 1.50 bits per heavy atom. The van der Waals surface area contributed by atoms with Crippen LogP contribution in [0.15, 0.2) is 90.5 Å². The zero-order valence-electron chi connectivity index (χ0n) is 16.4. The predicted molar refractivity (Wildman–Crippen MR) is 116 cm³/mol. The van der Waals surface area contributed by atoms with E-state index in [1.807, 2.05) is 24.3 Å². The van der Waals surface area contributed by atoms with Crippen LogP contribution in [0.25, 0.3) is 16.7 Å². The summed E-state index contributed by atoms with van der Waals surface area (Å²) in [5, 5.41) is 0. The van der Waals surface area contributed by atoms with E-state index in [1.165, 1.54) is 27.8 Å². The smallest absolute Gasteiger partial charge is 0.343 e. The summed E-state index contributed by atoms with van der Waals surface area (Å²) in [6, 6.07) is 21.2. The Balaban J connectivity index is 1.97. The van der Waals surface area contributed by atoms with Gasteiger partial charge in [-0.15, -0.1) is 0 Å². The van der Waals surface area contributed by atoms with Crippen LogP contribution in [0.4, 0.5) is 0 Å². The fourth-order valence-electron chi connectivity index (χ4n) is 3.70. The van der Waals surface area contributed by atoms with Crippen LogP contribution in [-0.2, 0) is 4.42 Å². The van der Waals surface area contributed by atoms with Gasteiger partial charge in [0, 0.05) is 12.2 Å². The Hall–Kier alpha value is -3.39. The van der Waals surface area contributed by atoms with Gasteiger partial charge in [0.05, 0.1) is 7.11 Å². The second kappa shape index (κ2) is 7.69. The third kappa shape index (κ3) is 3.29. The van der Waals surface area contributed by atoms with Crippen LogP contribution < -0.4 is 4.74 Å². The number of ether oxygens (including phenoxy) is 1. The first-order valence-corrected chi connectivity index (χ1v) is 9.36. The molecule has 0 saturated carbocycles. The van der Waals surface area contributed by atoms with Crippen LogP contribution in [0, 0.1) is 6.92 Å². The topological polar surface area (TPSA) is 20.5 Å². The minimum absolute atomic E-state index is 0.854. The zero-order chi connectivity index (χ0) is 19.5. The van der Waals surface area contributed by atoms with E-state index in [0.717, 1.165) is 22.7 Å². The van der Waals surface area contributed by atoms with E-state index in [4.69, 9.17) is 9.16 Å². The Labute approximate surface area is 166 Å². The number of carbonyl (C=O) groups excluding carboxylic acids is 1. The summed E-state index contributed by atoms with van der Waals surface area (Å²) in [7, 11) is 3.38. The lowest BCUT2D eigenvalue weighted by molar-refractivity contribution is -0.417. The number of hydrogen-bond acceptors (Lipinski definition) is 1. The van der Waals surface area contributed by atoms with Crippen molar-refractivity contribution in [2.75, 3.05) is 14.2 Å². The molecule has 3 aliphatic rings. The maximum Gasteiger partial charge on any atom is 0.343 e. The summed E-state index contributed by atoms with van der Waals surface area (Å²) >= 11 is 0. The standard InChI is InChI=1S/C26H23O2/c1-18-17-25(24-8-6-4-5-7-23(18)24)26(19-9-13-21(27-2)14-10-19)20-11-15-22(28-3)16-12-20/h4-17H,1-3H3/q+1. The molecular weight excluding hydrogens is 344 g/mol. The minimum Gasteiger partial charge on any atom is -0.497 e. The monoisotopic (exact) mass is 367 g/mol. The Morgan fingerprint density at radius 3 is 2.14 bits per heavy atom. The molecule has 2 heteroatoms. The largest absolute Gasteiger partial charge is 0.497 e. The molecule has 0 saturated heterocycles. The third-order valence-electron chi connectivity index (χ3n) is 5.14. The first-order valence-electron chi connectivity index (χ1n) is 9.36. The third-order valence-corrected chi connectivity index (χ3v) is 5.14. The van der Waals surface area contributed by atoms with Crippen molar-refractivity contribution in [1.82, 2.24) is 0 Å². The van der Waals surface area contributed by atoms with E-state index < -0.39 is 0 Å². The number of benzene rings is 1. The van der Waals surface area contributed by atoms with Gasteiger partial charge in [-0.2, -0.15) is 0 Å². The normalized spacial score (nSPS) is 13.1. The highest BCUT2D eigenvalue weighted by Crippen LogP contribution is 2.40. The molecule has 0 atom stereocenters. The van der Waals surface area contributed by atoms with Gasteiger partial charge >= 0.3 is 5.78 Å². The van der Waals surface area contributed by atoms with Crippen molar-refractivity contribution in [3.8, 4) is 16.9 Å². The highest BCUT2D eigenvalue weighted by molar-refractivity contribution is 6.04. The zero-order valence-corrected chi connectivity index (χ0v) is 16.4. The molecule has 0 aliphatic heterocycles. The fourth-order valence-corrected chi connectivity index (χ4v) is 3.70. The molecule has 0 heterocycles. The molecule has 0 fully saturated rings. The highest BCUT2D eigenvalue weighted by Gasteiger charge is 2.20. The van der Waals surface area contributed by atoms with Gasteiger partial charge in [0.15, 0.2) is 0 Å². The van der Waals surface area contributed by atoms with Crippen molar-refractivity contribution in [3.05, 3.63) is 107 Å². The maximum absolute atomic E-state index is 5.35. The van der Waals surface area contributed by atoms with E-state index in [0.29, 0.717) is 0 Å². The minimum atomic E-state index is 0.854. The molecule has 0 amide bonds. The number of ketones is 1. The van der Waals surface area contributed by atoms with Crippen LogP contribution in [0.1, 0.15) is 16.7 Å². The van der Waals surface area contributed by atoms with Crippen molar-refractivity contribution in [1.29, 1.82) is 0 Å².